The average Bonchev–Trinajstić information content (AvgIpc) is 3.51. The molecule has 0 fully saturated rings. The summed E-state index contributed by atoms with van der Waals surface area (Å²) in [6, 6.07) is 3.41. The van der Waals surface area contributed by atoms with Gasteiger partial charge < -0.3 is 41.9 Å². The third-order valence-corrected chi connectivity index (χ3v) is 5.50. The Bertz CT molecular complexity index is 1270. The lowest BCUT2D eigenvalue weighted by Gasteiger charge is -2.20. The minimum absolute atomic E-state index is 0.00898. The highest BCUT2D eigenvalue weighted by atomic mass is 16.4. The molecule has 3 aromatic rings. The van der Waals surface area contributed by atoms with E-state index in [0.717, 1.165) is 10.9 Å². The van der Waals surface area contributed by atoms with Gasteiger partial charge >= 0.3 is 11.9 Å². The number of rotatable bonds is 13. The van der Waals surface area contributed by atoms with E-state index in [4.69, 9.17) is 10.8 Å². The second-order valence-corrected chi connectivity index (χ2v) is 8.29. The number of imidazole rings is 1. The van der Waals surface area contributed by atoms with Gasteiger partial charge in [0.2, 0.25) is 17.7 Å². The number of nitrogens with two attached hydrogens (primary N) is 1. The summed E-state index contributed by atoms with van der Waals surface area (Å²) in [6.45, 7) is -0.636. The molecular weight excluding hydrogens is 486 g/mol. The Morgan fingerprint density at radius 1 is 0.973 bits per heavy atom. The van der Waals surface area contributed by atoms with Crippen molar-refractivity contribution in [1.82, 2.24) is 30.9 Å². The lowest BCUT2D eigenvalue weighted by molar-refractivity contribution is -0.142. The molecule has 3 unspecified atom stereocenters. The average molecular weight is 514 g/mol. The summed E-state index contributed by atoms with van der Waals surface area (Å²) in [7, 11) is 0. The van der Waals surface area contributed by atoms with E-state index in [1.54, 1.807) is 12.3 Å². The summed E-state index contributed by atoms with van der Waals surface area (Å²) < 4.78 is 0. The van der Waals surface area contributed by atoms with Crippen LogP contribution in [-0.4, -0.2) is 79.5 Å². The number of aliphatic carboxylic acids is 2. The molecule has 3 amide bonds. The summed E-state index contributed by atoms with van der Waals surface area (Å²) in [6.07, 6.45) is 3.84. The fourth-order valence-electron chi connectivity index (χ4n) is 3.65. The second kappa shape index (κ2) is 12.3. The Hall–Kier alpha value is -4.72. The molecule has 0 aliphatic carbocycles. The first-order valence-electron chi connectivity index (χ1n) is 11.2. The highest BCUT2D eigenvalue weighted by molar-refractivity contribution is 5.94. The van der Waals surface area contributed by atoms with Crippen molar-refractivity contribution in [2.24, 2.45) is 5.73 Å². The number of amides is 3. The van der Waals surface area contributed by atoms with Crippen molar-refractivity contribution in [1.29, 1.82) is 0 Å². The maximum Gasteiger partial charge on any atom is 0.326 e. The van der Waals surface area contributed by atoms with Crippen LogP contribution < -0.4 is 21.7 Å². The zero-order valence-electron chi connectivity index (χ0n) is 19.6. The van der Waals surface area contributed by atoms with Crippen molar-refractivity contribution in [2.45, 2.75) is 37.4 Å². The first kappa shape index (κ1) is 26.9. The van der Waals surface area contributed by atoms with Crippen LogP contribution >= 0.6 is 0 Å². The van der Waals surface area contributed by atoms with Crippen molar-refractivity contribution in [3.63, 3.8) is 0 Å². The van der Waals surface area contributed by atoms with Gasteiger partial charge in [-0.05, 0) is 11.6 Å². The highest BCUT2D eigenvalue weighted by Gasteiger charge is 2.27. The number of nitrogens with one attached hydrogen (secondary N) is 5. The third kappa shape index (κ3) is 7.63. The molecular formula is C23H27N7O7. The van der Waals surface area contributed by atoms with E-state index in [9.17, 15) is 29.1 Å². The molecule has 0 bridgehead atoms. The quantitative estimate of drug-likeness (QED) is 0.135. The molecule has 2 aromatic heterocycles. The van der Waals surface area contributed by atoms with Gasteiger partial charge in [0, 0.05) is 41.8 Å². The van der Waals surface area contributed by atoms with Gasteiger partial charge in [0.25, 0.3) is 0 Å². The lowest BCUT2D eigenvalue weighted by atomic mass is 10.0. The normalized spacial score (nSPS) is 13.3. The zero-order valence-corrected chi connectivity index (χ0v) is 19.6. The number of nitrogens with zero attached hydrogens (tertiary/aromatic N) is 1. The summed E-state index contributed by atoms with van der Waals surface area (Å²) in [5, 5.41) is 26.3. The van der Waals surface area contributed by atoms with Crippen LogP contribution in [0.3, 0.4) is 0 Å². The van der Waals surface area contributed by atoms with E-state index >= 15 is 0 Å². The van der Waals surface area contributed by atoms with Gasteiger partial charge in [0.1, 0.15) is 12.1 Å². The fraction of sp³-hybridized carbons (Fsp3) is 0.304. The van der Waals surface area contributed by atoms with Gasteiger partial charge in [-0.25, -0.2) is 9.78 Å². The number of fused-ring (bicyclic) bond motifs is 1. The summed E-state index contributed by atoms with van der Waals surface area (Å²) in [4.78, 5) is 69.8. The molecule has 9 N–H and O–H groups in total. The largest absolute Gasteiger partial charge is 0.481 e. The van der Waals surface area contributed by atoms with Crippen molar-refractivity contribution in [2.75, 3.05) is 6.54 Å². The summed E-state index contributed by atoms with van der Waals surface area (Å²) in [5.41, 5.74) is 7.89. The van der Waals surface area contributed by atoms with Crippen LogP contribution in [0.2, 0.25) is 0 Å². The van der Waals surface area contributed by atoms with Crippen molar-refractivity contribution >= 4 is 40.6 Å². The Kier molecular flexibility index (Phi) is 8.94. The van der Waals surface area contributed by atoms with Crippen LogP contribution in [-0.2, 0) is 36.8 Å². The number of hydrogen-bond acceptors (Lipinski definition) is 7. The SMILES string of the molecule is NC(Cc1cnc[nH]1)C(=O)NC(CC(=O)O)C(=O)NCC(=O)NC(Cc1c[nH]c2ccccc12)C(=O)O. The van der Waals surface area contributed by atoms with Crippen LogP contribution in [0.25, 0.3) is 10.9 Å². The van der Waals surface area contributed by atoms with E-state index in [1.807, 2.05) is 18.2 Å². The molecule has 196 valence electrons. The van der Waals surface area contributed by atoms with Gasteiger partial charge in [-0.2, -0.15) is 0 Å². The molecule has 3 rings (SSSR count). The maximum atomic E-state index is 12.5. The monoisotopic (exact) mass is 513 g/mol. The van der Waals surface area contributed by atoms with E-state index in [-0.39, 0.29) is 12.8 Å². The smallest absolute Gasteiger partial charge is 0.326 e. The molecule has 1 aromatic carbocycles. The lowest BCUT2D eigenvalue weighted by Crippen LogP contribution is -2.54. The molecule has 0 radical (unpaired) electrons. The molecule has 0 saturated carbocycles. The number of carbonyl (C=O) groups excluding carboxylic acids is 3. The van der Waals surface area contributed by atoms with Gasteiger partial charge in [-0.3, -0.25) is 19.2 Å². The highest BCUT2D eigenvalue weighted by Crippen LogP contribution is 2.19. The minimum Gasteiger partial charge on any atom is -0.481 e. The van der Waals surface area contributed by atoms with E-state index in [0.29, 0.717) is 11.3 Å². The Balaban J connectivity index is 1.55. The number of carboxylic acids is 2. The van der Waals surface area contributed by atoms with Crippen molar-refractivity contribution < 1.29 is 34.2 Å². The number of H-pyrrole nitrogens is 2. The fourth-order valence-corrected chi connectivity index (χ4v) is 3.65. The molecule has 0 aliphatic heterocycles. The number of para-hydroxylation sites is 1. The molecule has 0 aliphatic rings. The van der Waals surface area contributed by atoms with Gasteiger partial charge in [-0.1, -0.05) is 18.2 Å². The number of aromatic nitrogens is 3. The van der Waals surface area contributed by atoms with E-state index < -0.39 is 60.8 Å². The predicted octanol–water partition coefficient (Wildman–Crippen LogP) is -1.35. The van der Waals surface area contributed by atoms with Gasteiger partial charge in [-0.15, -0.1) is 0 Å². The predicted molar refractivity (Wildman–Crippen MR) is 129 cm³/mol. The number of carbonyl (C=O) groups is 5. The van der Waals surface area contributed by atoms with E-state index in [1.165, 1.54) is 12.5 Å². The number of carboxylic acid groups (broad SMARTS) is 2. The first-order chi connectivity index (χ1) is 17.6. The topological polar surface area (TPSA) is 232 Å². The van der Waals surface area contributed by atoms with Crippen molar-refractivity contribution in [3.8, 4) is 0 Å². The van der Waals surface area contributed by atoms with Gasteiger partial charge in [0.05, 0.1) is 25.3 Å². The maximum absolute atomic E-state index is 12.5. The van der Waals surface area contributed by atoms with Crippen LogP contribution in [0.4, 0.5) is 0 Å². The van der Waals surface area contributed by atoms with Crippen LogP contribution in [0, 0.1) is 0 Å². The molecule has 0 saturated heterocycles. The Labute approximate surface area is 210 Å². The van der Waals surface area contributed by atoms with Crippen LogP contribution in [0.15, 0.2) is 43.0 Å². The van der Waals surface area contributed by atoms with Crippen molar-refractivity contribution in [3.05, 3.63) is 54.2 Å². The number of hydrogen-bond donors (Lipinski definition) is 8. The molecule has 14 heteroatoms. The Morgan fingerprint density at radius 2 is 1.73 bits per heavy atom. The molecule has 3 atom stereocenters. The van der Waals surface area contributed by atoms with Gasteiger partial charge in [0.15, 0.2) is 0 Å². The standard InChI is InChI=1S/C23H27N7O7/c24-15(6-13-9-25-11-28-13)21(34)30-17(7-20(32)33)22(35)27-10-19(31)29-18(23(36)37)5-12-8-26-16-4-2-1-3-14(12)16/h1-4,8-9,11,15,17-18,26H,5-7,10,24H2,(H,25,28)(H,27,35)(H,29,31)(H,30,34)(H,32,33)(H,36,37). The van der Waals surface area contributed by atoms with Crippen LogP contribution in [0.5, 0.6) is 0 Å². The molecule has 14 nitrogen and oxygen atoms in total. The van der Waals surface area contributed by atoms with Crippen LogP contribution in [0.1, 0.15) is 17.7 Å². The summed E-state index contributed by atoms with van der Waals surface area (Å²) in [5.74, 6) is -5.16. The number of aromatic amines is 2. The first-order valence-corrected chi connectivity index (χ1v) is 11.2. The second-order valence-electron chi connectivity index (χ2n) is 8.29. The molecule has 37 heavy (non-hydrogen) atoms. The van der Waals surface area contributed by atoms with E-state index in [2.05, 4.69) is 30.9 Å². The minimum atomic E-state index is -1.51. The zero-order chi connectivity index (χ0) is 26.9. The number of benzene rings is 1. The molecule has 0 spiro atoms. The third-order valence-electron chi connectivity index (χ3n) is 5.50. The summed E-state index contributed by atoms with van der Waals surface area (Å²) >= 11 is 0. The molecule has 2 heterocycles. The Morgan fingerprint density at radius 3 is 2.41 bits per heavy atom.